The molecule has 0 aliphatic rings. The lowest BCUT2D eigenvalue weighted by atomic mass is 10.0. The van der Waals surface area contributed by atoms with Crippen LogP contribution < -0.4 is 10.7 Å². The fourth-order valence-corrected chi connectivity index (χ4v) is 2.54. The van der Waals surface area contributed by atoms with Crippen molar-refractivity contribution < 1.29 is 9.59 Å². The largest absolute Gasteiger partial charge is 0.324 e. The van der Waals surface area contributed by atoms with E-state index in [0.717, 1.165) is 10.0 Å². The van der Waals surface area contributed by atoms with Crippen LogP contribution in [0.2, 0.25) is 0 Å². The van der Waals surface area contributed by atoms with Crippen LogP contribution in [-0.4, -0.2) is 18.0 Å². The van der Waals surface area contributed by atoms with E-state index in [1.807, 2.05) is 36.4 Å². The highest BCUT2D eigenvalue weighted by molar-refractivity contribution is 9.10. The van der Waals surface area contributed by atoms with Crippen molar-refractivity contribution in [3.63, 3.8) is 0 Å². The van der Waals surface area contributed by atoms with Crippen LogP contribution in [0.25, 0.3) is 0 Å². The molecule has 0 saturated heterocycles. The van der Waals surface area contributed by atoms with Crippen molar-refractivity contribution in [1.29, 1.82) is 0 Å². The second-order valence-electron chi connectivity index (χ2n) is 6.25. The van der Waals surface area contributed by atoms with Gasteiger partial charge in [-0.1, -0.05) is 50.2 Å². The molecule has 0 aliphatic heterocycles. The van der Waals surface area contributed by atoms with Crippen LogP contribution in [0.1, 0.15) is 37.8 Å². The molecule has 1 atom stereocenters. The summed E-state index contributed by atoms with van der Waals surface area (Å²) in [6, 6.07) is 15.2. The van der Waals surface area contributed by atoms with E-state index in [1.165, 1.54) is 12.5 Å². The molecule has 0 aromatic heterocycles. The van der Waals surface area contributed by atoms with Crippen LogP contribution >= 0.6 is 15.9 Å². The van der Waals surface area contributed by atoms with Crippen LogP contribution in [0.3, 0.4) is 0 Å². The number of amides is 2. The molecule has 0 heterocycles. The zero-order chi connectivity index (χ0) is 19.1. The molecule has 2 N–H and O–H groups in total. The fraction of sp³-hybridized carbons (Fsp3) is 0.250. The summed E-state index contributed by atoms with van der Waals surface area (Å²) in [6.07, 6.45) is 1.56. The number of nitrogens with zero attached hydrogens (tertiary/aromatic N) is 1. The lowest BCUT2D eigenvalue weighted by Gasteiger charge is -2.11. The topological polar surface area (TPSA) is 70.6 Å². The van der Waals surface area contributed by atoms with Gasteiger partial charge in [0, 0.05) is 4.47 Å². The Balaban J connectivity index is 1.90. The van der Waals surface area contributed by atoms with E-state index in [9.17, 15) is 9.59 Å². The molecule has 26 heavy (non-hydrogen) atoms. The lowest BCUT2D eigenvalue weighted by molar-refractivity contribution is -0.131. The highest BCUT2D eigenvalue weighted by Crippen LogP contribution is 2.21. The number of nitrogens with one attached hydrogen (secondary N) is 2. The quantitative estimate of drug-likeness (QED) is 0.419. The van der Waals surface area contributed by atoms with Gasteiger partial charge in [0.1, 0.15) is 5.92 Å². The number of carbonyl (C=O) groups excluding carboxylic acids is 2. The zero-order valence-electron chi connectivity index (χ0n) is 15.0. The molecule has 2 rings (SSSR count). The van der Waals surface area contributed by atoms with Crippen molar-refractivity contribution in [2.45, 2.75) is 26.7 Å². The maximum Gasteiger partial charge on any atom is 0.252 e. The summed E-state index contributed by atoms with van der Waals surface area (Å²) in [5.74, 6) is -1.28. The smallest absolute Gasteiger partial charge is 0.252 e. The van der Waals surface area contributed by atoms with Gasteiger partial charge in [-0.15, -0.1) is 0 Å². The molecule has 2 amide bonds. The van der Waals surface area contributed by atoms with E-state index in [1.54, 1.807) is 18.3 Å². The summed E-state index contributed by atoms with van der Waals surface area (Å²) >= 11 is 3.35. The van der Waals surface area contributed by atoms with E-state index < -0.39 is 17.7 Å². The van der Waals surface area contributed by atoms with Crippen molar-refractivity contribution in [3.8, 4) is 0 Å². The van der Waals surface area contributed by atoms with Gasteiger partial charge in [-0.3, -0.25) is 9.59 Å². The standard InChI is InChI=1S/C20H22BrN3O2/c1-13(2)16-10-8-15(9-11-16)12-22-24-20(26)14(3)19(25)23-18-7-5-4-6-17(18)21/h4-14H,1-3H3,(H,23,25)(H,24,26). The maximum atomic E-state index is 12.2. The van der Waals surface area contributed by atoms with Gasteiger partial charge >= 0.3 is 0 Å². The second-order valence-corrected chi connectivity index (χ2v) is 7.10. The molecule has 1 unspecified atom stereocenters. The molecule has 0 spiro atoms. The predicted octanol–water partition coefficient (Wildman–Crippen LogP) is 4.30. The van der Waals surface area contributed by atoms with E-state index in [-0.39, 0.29) is 0 Å². The molecule has 6 heteroatoms. The van der Waals surface area contributed by atoms with Crippen LogP contribution in [0.4, 0.5) is 5.69 Å². The predicted molar refractivity (Wildman–Crippen MR) is 108 cm³/mol. The van der Waals surface area contributed by atoms with Gasteiger partial charge in [0.15, 0.2) is 0 Å². The van der Waals surface area contributed by atoms with Crippen LogP contribution in [-0.2, 0) is 9.59 Å². The van der Waals surface area contributed by atoms with Crippen molar-refractivity contribution in [1.82, 2.24) is 5.43 Å². The van der Waals surface area contributed by atoms with E-state index >= 15 is 0 Å². The molecular weight excluding hydrogens is 394 g/mol. The Morgan fingerprint density at radius 2 is 1.65 bits per heavy atom. The number of hydrogen-bond acceptors (Lipinski definition) is 3. The van der Waals surface area contributed by atoms with Crippen LogP contribution in [0.5, 0.6) is 0 Å². The number of benzene rings is 2. The third-order valence-corrected chi connectivity index (χ3v) is 4.60. The summed E-state index contributed by atoms with van der Waals surface area (Å²) < 4.78 is 0.754. The zero-order valence-corrected chi connectivity index (χ0v) is 16.6. The molecular formula is C20H22BrN3O2. The van der Waals surface area contributed by atoms with Crippen molar-refractivity contribution in [2.75, 3.05) is 5.32 Å². The first-order valence-electron chi connectivity index (χ1n) is 8.36. The monoisotopic (exact) mass is 415 g/mol. The van der Waals surface area contributed by atoms with E-state index in [2.05, 4.69) is 45.6 Å². The van der Waals surface area contributed by atoms with E-state index in [4.69, 9.17) is 0 Å². The number of hydrogen-bond donors (Lipinski definition) is 2. The first kappa shape index (κ1) is 19.8. The molecule has 2 aromatic rings. The van der Waals surface area contributed by atoms with Crippen LogP contribution in [0.15, 0.2) is 58.1 Å². The molecule has 2 aromatic carbocycles. The Bertz CT molecular complexity index is 801. The minimum absolute atomic E-state index is 0.397. The number of rotatable bonds is 6. The Hall–Kier alpha value is -2.47. The van der Waals surface area contributed by atoms with Gasteiger partial charge in [0.05, 0.1) is 11.9 Å². The number of carbonyl (C=O) groups is 2. The summed E-state index contributed by atoms with van der Waals surface area (Å²) in [5, 5.41) is 6.65. The van der Waals surface area contributed by atoms with Gasteiger partial charge in [0.2, 0.25) is 5.91 Å². The molecule has 136 valence electrons. The van der Waals surface area contributed by atoms with Crippen molar-refractivity contribution >= 4 is 39.6 Å². The fourth-order valence-electron chi connectivity index (χ4n) is 2.16. The average Bonchev–Trinajstić information content (AvgIpc) is 2.63. The summed E-state index contributed by atoms with van der Waals surface area (Å²) in [6.45, 7) is 5.79. The minimum atomic E-state index is -0.873. The Morgan fingerprint density at radius 1 is 1.00 bits per heavy atom. The third kappa shape index (κ3) is 5.52. The molecule has 0 radical (unpaired) electrons. The SMILES string of the molecule is CC(C(=O)NN=Cc1ccc(C(C)C)cc1)C(=O)Nc1ccccc1Br. The molecule has 5 nitrogen and oxygen atoms in total. The Labute approximate surface area is 162 Å². The van der Waals surface area contributed by atoms with Gasteiger partial charge in [-0.25, -0.2) is 5.43 Å². The first-order valence-corrected chi connectivity index (χ1v) is 9.16. The molecule has 0 fully saturated rings. The normalized spacial score (nSPS) is 12.2. The number of anilines is 1. The highest BCUT2D eigenvalue weighted by Gasteiger charge is 2.21. The summed E-state index contributed by atoms with van der Waals surface area (Å²) in [5.41, 5.74) is 5.14. The second kappa shape index (κ2) is 9.29. The van der Waals surface area contributed by atoms with E-state index in [0.29, 0.717) is 11.6 Å². The number of hydrazone groups is 1. The van der Waals surface area contributed by atoms with Gasteiger partial charge in [-0.2, -0.15) is 5.10 Å². The molecule has 0 saturated carbocycles. The summed E-state index contributed by atoms with van der Waals surface area (Å²) in [4.78, 5) is 24.3. The Kier molecular flexibility index (Phi) is 7.09. The van der Waals surface area contributed by atoms with Crippen molar-refractivity contribution in [3.05, 3.63) is 64.1 Å². The third-order valence-electron chi connectivity index (χ3n) is 3.91. The van der Waals surface area contributed by atoms with Gasteiger partial charge < -0.3 is 5.32 Å². The van der Waals surface area contributed by atoms with Gasteiger partial charge in [0.25, 0.3) is 5.91 Å². The molecule has 0 aliphatic carbocycles. The van der Waals surface area contributed by atoms with Crippen molar-refractivity contribution in [2.24, 2.45) is 11.0 Å². The summed E-state index contributed by atoms with van der Waals surface area (Å²) in [7, 11) is 0. The number of halogens is 1. The minimum Gasteiger partial charge on any atom is -0.324 e. The molecule has 0 bridgehead atoms. The lowest BCUT2D eigenvalue weighted by Crippen LogP contribution is -2.34. The van der Waals surface area contributed by atoms with Crippen LogP contribution in [0, 0.1) is 5.92 Å². The highest BCUT2D eigenvalue weighted by atomic mass is 79.9. The Morgan fingerprint density at radius 3 is 2.27 bits per heavy atom. The first-order chi connectivity index (χ1) is 12.4. The maximum absolute atomic E-state index is 12.2. The van der Waals surface area contributed by atoms with Gasteiger partial charge in [-0.05, 0) is 52.0 Å². The number of para-hydroxylation sites is 1. The average molecular weight is 416 g/mol.